The van der Waals surface area contributed by atoms with Crippen LogP contribution in [0.4, 0.5) is 0 Å². The molecule has 1 unspecified atom stereocenters. The average molecular weight is 299 g/mol. The third kappa shape index (κ3) is 3.64. The summed E-state index contributed by atoms with van der Waals surface area (Å²) in [5, 5.41) is 3.01. The van der Waals surface area contributed by atoms with E-state index in [9.17, 15) is 4.79 Å². The molecule has 1 saturated carbocycles. The van der Waals surface area contributed by atoms with Crippen LogP contribution >= 0.6 is 12.4 Å². The van der Waals surface area contributed by atoms with E-state index in [1.165, 1.54) is 0 Å². The molecule has 2 rings (SSSR count). The Bertz CT molecular complexity index is 442. The SMILES string of the molecule is COc1ccc(C(C)NC(=O)C2(N)CCCC2)cc1.Cl. The van der Waals surface area contributed by atoms with Gasteiger partial charge in [0.25, 0.3) is 0 Å². The zero-order valence-corrected chi connectivity index (χ0v) is 12.8. The summed E-state index contributed by atoms with van der Waals surface area (Å²) in [6.07, 6.45) is 3.66. The quantitative estimate of drug-likeness (QED) is 0.898. The largest absolute Gasteiger partial charge is 0.497 e. The highest BCUT2D eigenvalue weighted by atomic mass is 35.5. The van der Waals surface area contributed by atoms with Crippen LogP contribution in [-0.2, 0) is 4.79 Å². The summed E-state index contributed by atoms with van der Waals surface area (Å²) in [7, 11) is 1.64. The molecule has 5 heteroatoms. The molecule has 1 fully saturated rings. The number of carbonyl (C=O) groups is 1. The fourth-order valence-corrected chi connectivity index (χ4v) is 2.55. The number of hydrogen-bond donors (Lipinski definition) is 2. The molecule has 112 valence electrons. The minimum absolute atomic E-state index is 0. The van der Waals surface area contributed by atoms with E-state index in [1.807, 2.05) is 31.2 Å². The Morgan fingerprint density at radius 2 is 1.85 bits per heavy atom. The summed E-state index contributed by atoms with van der Waals surface area (Å²) in [4.78, 5) is 12.2. The second-order valence-corrected chi connectivity index (χ2v) is 5.33. The van der Waals surface area contributed by atoms with Gasteiger partial charge in [-0.1, -0.05) is 25.0 Å². The number of nitrogens with one attached hydrogen (secondary N) is 1. The minimum Gasteiger partial charge on any atom is -0.497 e. The lowest BCUT2D eigenvalue weighted by Gasteiger charge is -2.25. The maximum absolute atomic E-state index is 12.2. The van der Waals surface area contributed by atoms with Gasteiger partial charge in [0, 0.05) is 0 Å². The molecule has 1 aliphatic rings. The van der Waals surface area contributed by atoms with Crippen molar-refractivity contribution in [3.8, 4) is 5.75 Å². The molecule has 3 N–H and O–H groups in total. The van der Waals surface area contributed by atoms with Crippen molar-refractivity contribution in [3.63, 3.8) is 0 Å². The molecular weight excluding hydrogens is 276 g/mol. The van der Waals surface area contributed by atoms with Gasteiger partial charge >= 0.3 is 0 Å². The highest BCUT2D eigenvalue weighted by Gasteiger charge is 2.37. The van der Waals surface area contributed by atoms with Crippen molar-refractivity contribution in [1.82, 2.24) is 5.32 Å². The predicted octanol–water partition coefficient (Wildman–Crippen LogP) is 2.57. The highest BCUT2D eigenvalue weighted by molar-refractivity contribution is 5.86. The van der Waals surface area contributed by atoms with E-state index in [0.717, 1.165) is 37.0 Å². The van der Waals surface area contributed by atoms with Crippen molar-refractivity contribution in [3.05, 3.63) is 29.8 Å². The maximum atomic E-state index is 12.2. The molecule has 0 aromatic heterocycles. The topological polar surface area (TPSA) is 64.3 Å². The van der Waals surface area contributed by atoms with Crippen LogP contribution < -0.4 is 15.8 Å². The van der Waals surface area contributed by atoms with E-state index in [4.69, 9.17) is 10.5 Å². The number of hydrogen-bond acceptors (Lipinski definition) is 3. The average Bonchev–Trinajstić information content (AvgIpc) is 2.87. The van der Waals surface area contributed by atoms with Crippen LogP contribution in [0.15, 0.2) is 24.3 Å². The lowest BCUT2D eigenvalue weighted by molar-refractivity contribution is -0.126. The Balaban J connectivity index is 0.00000200. The molecule has 0 bridgehead atoms. The van der Waals surface area contributed by atoms with Gasteiger partial charge in [-0.15, -0.1) is 12.4 Å². The van der Waals surface area contributed by atoms with Crippen LogP contribution in [0.2, 0.25) is 0 Å². The van der Waals surface area contributed by atoms with Gasteiger partial charge in [-0.2, -0.15) is 0 Å². The lowest BCUT2D eigenvalue weighted by Crippen LogP contribution is -2.52. The number of halogens is 1. The molecule has 1 aliphatic carbocycles. The summed E-state index contributed by atoms with van der Waals surface area (Å²) in [5.41, 5.74) is 6.53. The highest BCUT2D eigenvalue weighted by Crippen LogP contribution is 2.28. The first-order valence-electron chi connectivity index (χ1n) is 6.79. The third-order valence-corrected chi connectivity index (χ3v) is 3.91. The van der Waals surface area contributed by atoms with Gasteiger partial charge in [0.1, 0.15) is 5.75 Å². The number of rotatable bonds is 4. The first kappa shape index (κ1) is 16.8. The van der Waals surface area contributed by atoms with Gasteiger partial charge in [-0.05, 0) is 37.5 Å². The first-order chi connectivity index (χ1) is 9.05. The zero-order valence-electron chi connectivity index (χ0n) is 12.0. The Labute approximate surface area is 126 Å². The van der Waals surface area contributed by atoms with Crippen LogP contribution in [0, 0.1) is 0 Å². The van der Waals surface area contributed by atoms with Crippen LogP contribution in [0.3, 0.4) is 0 Å². The second kappa shape index (κ2) is 6.95. The number of methoxy groups -OCH3 is 1. The van der Waals surface area contributed by atoms with Crippen molar-refractivity contribution in [1.29, 1.82) is 0 Å². The fourth-order valence-electron chi connectivity index (χ4n) is 2.55. The van der Waals surface area contributed by atoms with E-state index in [1.54, 1.807) is 7.11 Å². The molecule has 0 heterocycles. The third-order valence-electron chi connectivity index (χ3n) is 3.91. The summed E-state index contributed by atoms with van der Waals surface area (Å²) >= 11 is 0. The summed E-state index contributed by atoms with van der Waals surface area (Å²) in [5.74, 6) is 0.779. The van der Waals surface area contributed by atoms with Crippen LogP contribution in [0.25, 0.3) is 0 Å². The molecule has 0 spiro atoms. The molecule has 4 nitrogen and oxygen atoms in total. The summed E-state index contributed by atoms with van der Waals surface area (Å²) in [6, 6.07) is 7.67. The molecule has 0 radical (unpaired) electrons. The first-order valence-corrected chi connectivity index (χ1v) is 6.79. The van der Waals surface area contributed by atoms with E-state index >= 15 is 0 Å². The molecule has 0 aliphatic heterocycles. The number of amides is 1. The van der Waals surface area contributed by atoms with Crippen molar-refractivity contribution < 1.29 is 9.53 Å². The van der Waals surface area contributed by atoms with Gasteiger partial charge in [0.05, 0.1) is 18.7 Å². The Hall–Kier alpha value is -1.26. The molecule has 1 aromatic rings. The summed E-state index contributed by atoms with van der Waals surface area (Å²) in [6.45, 7) is 1.97. The number of carbonyl (C=O) groups excluding carboxylic acids is 1. The van der Waals surface area contributed by atoms with Crippen molar-refractivity contribution in [2.24, 2.45) is 5.73 Å². The zero-order chi connectivity index (χ0) is 13.9. The van der Waals surface area contributed by atoms with Crippen LogP contribution in [0.1, 0.15) is 44.2 Å². The number of ether oxygens (including phenoxy) is 1. The molecule has 1 atom stereocenters. The second-order valence-electron chi connectivity index (χ2n) is 5.33. The fraction of sp³-hybridized carbons (Fsp3) is 0.533. The molecular formula is C15H23ClN2O2. The standard InChI is InChI=1S/C15H22N2O2.ClH/c1-11(12-5-7-13(19-2)8-6-12)17-14(18)15(16)9-3-4-10-15;/h5-8,11H,3-4,9-10,16H2,1-2H3,(H,17,18);1H. The van der Waals surface area contributed by atoms with Crippen LogP contribution in [0.5, 0.6) is 5.75 Å². The molecule has 1 amide bonds. The molecule has 20 heavy (non-hydrogen) atoms. The Morgan fingerprint density at radius 3 is 2.35 bits per heavy atom. The van der Waals surface area contributed by atoms with E-state index in [-0.39, 0.29) is 24.4 Å². The van der Waals surface area contributed by atoms with Crippen molar-refractivity contribution in [2.45, 2.75) is 44.2 Å². The Kier molecular flexibility index (Phi) is 5.84. The Morgan fingerprint density at radius 1 is 1.30 bits per heavy atom. The maximum Gasteiger partial charge on any atom is 0.240 e. The van der Waals surface area contributed by atoms with Gasteiger partial charge in [0.15, 0.2) is 0 Å². The van der Waals surface area contributed by atoms with Crippen molar-refractivity contribution in [2.75, 3.05) is 7.11 Å². The van der Waals surface area contributed by atoms with E-state index in [2.05, 4.69) is 5.32 Å². The predicted molar refractivity (Wildman–Crippen MR) is 82.2 cm³/mol. The normalized spacial score (nSPS) is 17.9. The monoisotopic (exact) mass is 298 g/mol. The summed E-state index contributed by atoms with van der Waals surface area (Å²) < 4.78 is 5.12. The van der Waals surface area contributed by atoms with Gasteiger partial charge in [-0.3, -0.25) is 4.79 Å². The minimum atomic E-state index is -0.666. The van der Waals surface area contributed by atoms with Gasteiger partial charge in [-0.25, -0.2) is 0 Å². The molecule has 0 saturated heterocycles. The number of nitrogens with two attached hydrogens (primary N) is 1. The number of benzene rings is 1. The van der Waals surface area contributed by atoms with Crippen molar-refractivity contribution >= 4 is 18.3 Å². The van der Waals surface area contributed by atoms with Gasteiger partial charge < -0.3 is 15.8 Å². The van der Waals surface area contributed by atoms with E-state index < -0.39 is 5.54 Å². The smallest absolute Gasteiger partial charge is 0.240 e. The van der Waals surface area contributed by atoms with E-state index in [0.29, 0.717) is 0 Å². The van der Waals surface area contributed by atoms with Crippen LogP contribution in [-0.4, -0.2) is 18.6 Å². The molecule has 1 aromatic carbocycles. The lowest BCUT2D eigenvalue weighted by atomic mass is 9.97. The van der Waals surface area contributed by atoms with Gasteiger partial charge in [0.2, 0.25) is 5.91 Å².